The number of ether oxygens (including phenoxy) is 8. The Labute approximate surface area is 277 Å². The summed E-state index contributed by atoms with van der Waals surface area (Å²) >= 11 is 0. The van der Waals surface area contributed by atoms with E-state index in [0.29, 0.717) is 5.56 Å². The number of phenolic OH excluding ortho intramolecular Hbond substituents is 1. The fourth-order valence-corrected chi connectivity index (χ4v) is 5.73. The SMILES string of the molecule is COc1c(O)c(OC)c2oc(-c3ccc(O[C@@H]4O[C@H](CO)[C@H](O)[C@H](O[C@@H]5O[C@H](CO)[C@@H](O)[C@H](O)[C@H]5O)[C@H]4O)cc3)c(OC)c(=O)c2c1OC. The third kappa shape index (κ3) is 6.43. The fourth-order valence-electron chi connectivity index (χ4n) is 5.73. The second-order valence-electron chi connectivity index (χ2n) is 11.1. The molecule has 5 rings (SSSR count). The van der Waals surface area contributed by atoms with E-state index in [4.69, 9.17) is 42.3 Å². The monoisotopic (exact) mass is 698 g/mol. The van der Waals surface area contributed by atoms with Crippen molar-refractivity contribution >= 4 is 11.0 Å². The van der Waals surface area contributed by atoms with E-state index in [2.05, 4.69) is 0 Å². The molecule has 8 N–H and O–H groups in total. The van der Waals surface area contributed by atoms with Crippen molar-refractivity contribution in [3.8, 4) is 45.8 Å². The summed E-state index contributed by atoms with van der Waals surface area (Å²) in [4.78, 5) is 13.7. The molecule has 0 aliphatic carbocycles. The molecule has 0 spiro atoms. The molecule has 0 amide bonds. The number of fused-ring (bicyclic) bond motifs is 1. The molecule has 10 atom stereocenters. The zero-order chi connectivity index (χ0) is 35.7. The van der Waals surface area contributed by atoms with Gasteiger partial charge in [-0.3, -0.25) is 4.79 Å². The van der Waals surface area contributed by atoms with Crippen LogP contribution in [-0.2, 0) is 14.2 Å². The topological polar surface area (TPSA) is 266 Å². The Kier molecular flexibility index (Phi) is 11.0. The Hall–Kier alpha value is -3.95. The lowest BCUT2D eigenvalue weighted by Gasteiger charge is -2.45. The second kappa shape index (κ2) is 14.9. The van der Waals surface area contributed by atoms with Crippen LogP contribution < -0.4 is 29.1 Å². The molecular weight excluding hydrogens is 660 g/mol. The molecule has 3 aromatic rings. The van der Waals surface area contributed by atoms with Crippen LogP contribution in [0.15, 0.2) is 33.5 Å². The van der Waals surface area contributed by atoms with Gasteiger partial charge in [0, 0.05) is 5.56 Å². The van der Waals surface area contributed by atoms with Crippen molar-refractivity contribution in [2.75, 3.05) is 41.7 Å². The average molecular weight is 699 g/mol. The Bertz CT molecular complexity index is 1660. The Morgan fingerprint density at radius 2 is 1.24 bits per heavy atom. The number of benzene rings is 2. The van der Waals surface area contributed by atoms with Gasteiger partial charge in [0.15, 0.2) is 23.4 Å². The van der Waals surface area contributed by atoms with Gasteiger partial charge in [0.05, 0.1) is 41.7 Å². The van der Waals surface area contributed by atoms with Crippen molar-refractivity contribution in [2.24, 2.45) is 0 Å². The number of aliphatic hydroxyl groups excluding tert-OH is 7. The molecule has 2 aromatic carbocycles. The third-order valence-corrected chi connectivity index (χ3v) is 8.29. The van der Waals surface area contributed by atoms with Crippen LogP contribution in [0.4, 0.5) is 0 Å². The molecule has 0 saturated carbocycles. The standard InChI is InChI=1S/C31H38O18/c1-41-24-15-18(36)27(42-2)23(48-25(15)29(44-4)21(39)28(24)43-3)11-5-7-12(8-6-11)45-31-22(40)26(17(35)14(10-33)47-31)49-30-20(38)19(37)16(34)13(9-32)46-30/h5-8,13-14,16-17,19-20,22,26,30-35,37-40H,9-10H2,1-4H3/t13-,14-,16-,17+,19+,20-,22-,26+,30+,31-/m1/s1. The maximum Gasteiger partial charge on any atom is 0.239 e. The first kappa shape index (κ1) is 36.3. The van der Waals surface area contributed by atoms with E-state index in [1.54, 1.807) is 0 Å². The van der Waals surface area contributed by atoms with E-state index < -0.39 is 85.8 Å². The summed E-state index contributed by atoms with van der Waals surface area (Å²) in [6, 6.07) is 5.80. The molecule has 2 fully saturated rings. The number of methoxy groups -OCH3 is 4. The van der Waals surface area contributed by atoms with Gasteiger partial charge in [-0.25, -0.2) is 0 Å². The molecule has 2 aliphatic heterocycles. The van der Waals surface area contributed by atoms with Crippen LogP contribution in [0.5, 0.6) is 34.5 Å². The number of phenols is 1. The van der Waals surface area contributed by atoms with Gasteiger partial charge in [0.2, 0.25) is 34.7 Å². The number of rotatable bonds is 11. The smallest absolute Gasteiger partial charge is 0.239 e. The Morgan fingerprint density at radius 1 is 0.673 bits per heavy atom. The quantitative estimate of drug-likeness (QED) is 0.110. The van der Waals surface area contributed by atoms with Gasteiger partial charge in [-0.2, -0.15) is 0 Å². The largest absolute Gasteiger partial charge is 0.501 e. The van der Waals surface area contributed by atoms with Crippen molar-refractivity contribution in [2.45, 2.75) is 61.4 Å². The molecule has 3 heterocycles. The first-order valence-electron chi connectivity index (χ1n) is 14.9. The van der Waals surface area contributed by atoms with Gasteiger partial charge < -0.3 is 83.2 Å². The lowest BCUT2D eigenvalue weighted by molar-refractivity contribution is -0.352. The van der Waals surface area contributed by atoms with Crippen molar-refractivity contribution < 1.29 is 83.2 Å². The van der Waals surface area contributed by atoms with Crippen LogP contribution in [0.3, 0.4) is 0 Å². The first-order valence-corrected chi connectivity index (χ1v) is 14.9. The van der Waals surface area contributed by atoms with Crippen molar-refractivity contribution in [1.82, 2.24) is 0 Å². The maximum atomic E-state index is 13.7. The Balaban J connectivity index is 1.44. The summed E-state index contributed by atoms with van der Waals surface area (Å²) < 4.78 is 49.7. The zero-order valence-corrected chi connectivity index (χ0v) is 26.7. The van der Waals surface area contributed by atoms with Crippen LogP contribution >= 0.6 is 0 Å². The zero-order valence-electron chi connectivity index (χ0n) is 26.7. The summed E-state index contributed by atoms with van der Waals surface area (Å²) in [7, 11) is 5.08. The molecule has 270 valence electrons. The summed E-state index contributed by atoms with van der Waals surface area (Å²) in [6.45, 7) is -1.48. The van der Waals surface area contributed by atoms with Crippen molar-refractivity contribution in [1.29, 1.82) is 0 Å². The highest BCUT2D eigenvalue weighted by molar-refractivity contribution is 5.96. The highest BCUT2D eigenvalue weighted by atomic mass is 16.7. The molecule has 49 heavy (non-hydrogen) atoms. The van der Waals surface area contributed by atoms with E-state index in [-0.39, 0.29) is 45.5 Å². The van der Waals surface area contributed by atoms with Crippen molar-refractivity contribution in [3.63, 3.8) is 0 Å². The van der Waals surface area contributed by atoms with Gasteiger partial charge in [-0.1, -0.05) is 0 Å². The summed E-state index contributed by atoms with van der Waals surface area (Å²) in [5, 5.41) is 82.4. The van der Waals surface area contributed by atoms with Gasteiger partial charge >= 0.3 is 0 Å². The number of aromatic hydroxyl groups is 1. The molecule has 0 unspecified atom stereocenters. The van der Waals surface area contributed by atoms with Gasteiger partial charge in [0.25, 0.3) is 0 Å². The fraction of sp³-hybridized carbons (Fsp3) is 0.516. The van der Waals surface area contributed by atoms with Crippen LogP contribution in [0.1, 0.15) is 0 Å². The van der Waals surface area contributed by atoms with E-state index >= 15 is 0 Å². The second-order valence-corrected chi connectivity index (χ2v) is 11.1. The third-order valence-electron chi connectivity index (χ3n) is 8.29. The predicted octanol–water partition coefficient (Wildman–Crippen LogP) is -1.80. The molecule has 18 nitrogen and oxygen atoms in total. The van der Waals surface area contributed by atoms with Gasteiger partial charge in [0.1, 0.15) is 60.0 Å². The van der Waals surface area contributed by atoms with Crippen molar-refractivity contribution in [3.05, 3.63) is 34.5 Å². The number of hydrogen-bond donors (Lipinski definition) is 8. The molecular formula is C31H38O18. The van der Waals surface area contributed by atoms with Gasteiger partial charge in [-0.15, -0.1) is 0 Å². The maximum absolute atomic E-state index is 13.7. The molecule has 2 aliphatic rings. The van der Waals surface area contributed by atoms with E-state index in [9.17, 15) is 45.6 Å². The number of hydrogen-bond acceptors (Lipinski definition) is 18. The lowest BCUT2D eigenvalue weighted by atomic mass is 9.97. The van der Waals surface area contributed by atoms with E-state index in [1.807, 2.05) is 0 Å². The lowest BCUT2D eigenvalue weighted by Crippen LogP contribution is -2.65. The highest BCUT2D eigenvalue weighted by Crippen LogP contribution is 2.51. The molecule has 2 saturated heterocycles. The van der Waals surface area contributed by atoms with Crippen LogP contribution in [0, 0.1) is 0 Å². The molecule has 0 radical (unpaired) electrons. The van der Waals surface area contributed by atoms with Crippen LogP contribution in [-0.4, -0.2) is 144 Å². The summed E-state index contributed by atoms with van der Waals surface area (Å²) in [6.07, 6.45) is -16.3. The minimum absolute atomic E-state index is 0.0538. The molecule has 1 aromatic heterocycles. The molecule has 18 heteroatoms. The number of aliphatic hydroxyl groups is 7. The average Bonchev–Trinajstić information content (AvgIpc) is 3.10. The van der Waals surface area contributed by atoms with Crippen LogP contribution in [0.2, 0.25) is 0 Å². The minimum atomic E-state index is -1.83. The normalized spacial score (nSPS) is 30.2. The summed E-state index contributed by atoms with van der Waals surface area (Å²) in [5.74, 6) is -1.10. The van der Waals surface area contributed by atoms with Crippen LogP contribution in [0.25, 0.3) is 22.3 Å². The van der Waals surface area contributed by atoms with E-state index in [1.165, 1.54) is 52.7 Å². The minimum Gasteiger partial charge on any atom is -0.501 e. The highest BCUT2D eigenvalue weighted by Gasteiger charge is 2.51. The van der Waals surface area contributed by atoms with Gasteiger partial charge in [-0.05, 0) is 24.3 Å². The Morgan fingerprint density at radius 3 is 1.82 bits per heavy atom. The van der Waals surface area contributed by atoms with E-state index in [0.717, 1.165) is 0 Å². The predicted molar refractivity (Wildman–Crippen MR) is 163 cm³/mol. The summed E-state index contributed by atoms with van der Waals surface area (Å²) in [5.41, 5.74) is -0.515. The first-order chi connectivity index (χ1) is 23.4. The molecule has 0 bridgehead atoms.